The van der Waals surface area contributed by atoms with Gasteiger partial charge in [0.25, 0.3) is 5.91 Å². The molecule has 5 rings (SSSR count). The molecule has 1 amide bonds. The van der Waals surface area contributed by atoms with Crippen LogP contribution < -0.4 is 5.32 Å². The first-order valence-electron chi connectivity index (χ1n) is 10.5. The zero-order valence-electron chi connectivity index (χ0n) is 16.8. The van der Waals surface area contributed by atoms with Gasteiger partial charge >= 0.3 is 0 Å². The average Bonchev–Trinajstić information content (AvgIpc) is 3.47. The number of fused-ring (bicyclic) bond motifs is 1. The Morgan fingerprint density at radius 3 is 2.53 bits per heavy atom. The topological polar surface area (TPSA) is 59.8 Å². The number of nitrogens with one attached hydrogen (secondary N) is 1. The summed E-state index contributed by atoms with van der Waals surface area (Å²) < 4.78 is 2.15. The molecule has 2 aromatic heterocycles. The lowest BCUT2D eigenvalue weighted by atomic mass is 10.1. The number of carbonyl (C=O) groups excluding carboxylic acids is 1. The fourth-order valence-corrected chi connectivity index (χ4v) is 4.30. The molecular formula is C25H24N4O. The van der Waals surface area contributed by atoms with Crippen LogP contribution in [-0.4, -0.2) is 20.7 Å². The molecule has 30 heavy (non-hydrogen) atoms. The highest BCUT2D eigenvalue weighted by molar-refractivity contribution is 5.98. The van der Waals surface area contributed by atoms with Crippen LogP contribution in [0.3, 0.4) is 0 Å². The van der Waals surface area contributed by atoms with Gasteiger partial charge in [0.05, 0.1) is 24.0 Å². The van der Waals surface area contributed by atoms with Gasteiger partial charge in [-0.25, -0.2) is 0 Å². The molecule has 0 saturated heterocycles. The van der Waals surface area contributed by atoms with Crippen LogP contribution in [0.5, 0.6) is 0 Å². The van der Waals surface area contributed by atoms with Crippen LogP contribution >= 0.6 is 0 Å². The van der Waals surface area contributed by atoms with Crippen molar-refractivity contribution >= 4 is 16.7 Å². The second kappa shape index (κ2) is 8.11. The van der Waals surface area contributed by atoms with Crippen LogP contribution in [0.25, 0.3) is 22.0 Å². The van der Waals surface area contributed by atoms with E-state index in [1.165, 1.54) is 12.8 Å². The average molecular weight is 396 g/mol. The lowest BCUT2D eigenvalue weighted by Crippen LogP contribution is -2.23. The molecule has 1 saturated carbocycles. The Morgan fingerprint density at radius 2 is 1.73 bits per heavy atom. The lowest BCUT2D eigenvalue weighted by molar-refractivity contribution is 0.0950. The quantitative estimate of drug-likeness (QED) is 0.508. The second-order valence-electron chi connectivity index (χ2n) is 7.88. The highest BCUT2D eigenvalue weighted by Gasteiger charge is 2.22. The molecule has 1 aliphatic carbocycles. The van der Waals surface area contributed by atoms with Crippen molar-refractivity contribution in [3.8, 4) is 11.3 Å². The number of carbonyl (C=O) groups is 1. The van der Waals surface area contributed by atoms with E-state index in [4.69, 9.17) is 5.10 Å². The van der Waals surface area contributed by atoms with Gasteiger partial charge < -0.3 is 5.32 Å². The molecule has 0 spiro atoms. The molecule has 1 aliphatic rings. The van der Waals surface area contributed by atoms with Crippen LogP contribution in [0.2, 0.25) is 0 Å². The summed E-state index contributed by atoms with van der Waals surface area (Å²) in [5.41, 5.74) is 3.75. The first-order valence-corrected chi connectivity index (χ1v) is 10.5. The Labute approximate surface area is 175 Å². The lowest BCUT2D eigenvalue weighted by Gasteiger charge is -2.14. The number of pyridine rings is 1. The van der Waals surface area contributed by atoms with E-state index in [1.54, 1.807) is 0 Å². The van der Waals surface area contributed by atoms with Crippen LogP contribution in [0, 0.1) is 0 Å². The number of hydrogen-bond acceptors (Lipinski definition) is 3. The van der Waals surface area contributed by atoms with Gasteiger partial charge in [0.2, 0.25) is 0 Å². The van der Waals surface area contributed by atoms with Crippen LogP contribution in [-0.2, 0) is 6.54 Å². The minimum atomic E-state index is -0.0818. The Balaban J connectivity index is 1.37. The zero-order valence-corrected chi connectivity index (χ0v) is 16.8. The van der Waals surface area contributed by atoms with Crippen LogP contribution in [0.15, 0.2) is 73.1 Å². The Bertz CT molecular complexity index is 1180. The summed E-state index contributed by atoms with van der Waals surface area (Å²) >= 11 is 0. The van der Waals surface area contributed by atoms with E-state index in [1.807, 2.05) is 67.0 Å². The smallest absolute Gasteiger partial charge is 0.251 e. The van der Waals surface area contributed by atoms with Crippen LogP contribution in [0.4, 0.5) is 0 Å². The summed E-state index contributed by atoms with van der Waals surface area (Å²) in [6, 6.07) is 20.4. The summed E-state index contributed by atoms with van der Waals surface area (Å²) in [5, 5.41) is 10.1. The first-order chi connectivity index (χ1) is 14.8. The minimum absolute atomic E-state index is 0.0818. The van der Waals surface area contributed by atoms with Gasteiger partial charge in [-0.1, -0.05) is 43.2 Å². The maximum atomic E-state index is 12.7. The maximum Gasteiger partial charge on any atom is 0.251 e. The third kappa shape index (κ3) is 3.71. The maximum absolute atomic E-state index is 12.7. The second-order valence-corrected chi connectivity index (χ2v) is 7.88. The first kappa shape index (κ1) is 18.6. The van der Waals surface area contributed by atoms with Crippen molar-refractivity contribution in [2.45, 2.75) is 38.3 Å². The third-order valence-electron chi connectivity index (χ3n) is 5.87. The van der Waals surface area contributed by atoms with Gasteiger partial charge in [-0.3, -0.25) is 14.5 Å². The van der Waals surface area contributed by atoms with Gasteiger partial charge in [-0.15, -0.1) is 0 Å². The van der Waals surface area contributed by atoms with Crippen molar-refractivity contribution in [1.82, 2.24) is 20.1 Å². The molecule has 150 valence electrons. The van der Waals surface area contributed by atoms with E-state index >= 15 is 0 Å². The fraction of sp³-hybridized carbons (Fsp3) is 0.240. The van der Waals surface area contributed by atoms with E-state index in [9.17, 15) is 4.79 Å². The molecule has 0 unspecified atom stereocenters. The molecule has 2 aromatic carbocycles. The largest absolute Gasteiger partial charge is 0.346 e. The summed E-state index contributed by atoms with van der Waals surface area (Å²) in [7, 11) is 0. The molecule has 0 aliphatic heterocycles. The van der Waals surface area contributed by atoms with E-state index in [0.717, 1.165) is 40.6 Å². The van der Waals surface area contributed by atoms with Gasteiger partial charge in [-0.2, -0.15) is 5.10 Å². The number of rotatable bonds is 5. The van der Waals surface area contributed by atoms with Gasteiger partial charge in [-0.05, 0) is 53.9 Å². The van der Waals surface area contributed by atoms with E-state index < -0.39 is 0 Å². The van der Waals surface area contributed by atoms with E-state index in [0.29, 0.717) is 18.2 Å². The van der Waals surface area contributed by atoms with Crippen molar-refractivity contribution in [1.29, 1.82) is 0 Å². The number of amides is 1. The van der Waals surface area contributed by atoms with Gasteiger partial charge in [0.1, 0.15) is 0 Å². The summed E-state index contributed by atoms with van der Waals surface area (Å²) in [6.45, 7) is 0.406. The van der Waals surface area contributed by atoms with Crippen molar-refractivity contribution in [2.75, 3.05) is 0 Å². The molecule has 5 heteroatoms. The third-order valence-corrected chi connectivity index (χ3v) is 5.87. The molecule has 1 N–H and O–H groups in total. The standard InChI is InChI=1S/C25H24N4O/c30-25(21-10-9-18-5-1-2-6-20(18)15-21)27-17-22-16-24(19-11-13-26-14-12-19)29(28-22)23-7-3-4-8-23/h1-2,5-6,9-16,23H,3-4,7-8,17H2,(H,27,30). The Morgan fingerprint density at radius 1 is 0.967 bits per heavy atom. The number of benzene rings is 2. The predicted molar refractivity (Wildman–Crippen MR) is 118 cm³/mol. The highest BCUT2D eigenvalue weighted by Crippen LogP contribution is 2.33. The van der Waals surface area contributed by atoms with E-state index in [2.05, 4.69) is 21.0 Å². The highest BCUT2D eigenvalue weighted by atomic mass is 16.1. The van der Waals surface area contributed by atoms with Gasteiger partial charge in [0, 0.05) is 23.5 Å². The Kier molecular flexibility index (Phi) is 5.01. The number of aromatic nitrogens is 3. The molecule has 1 fully saturated rings. The molecule has 2 heterocycles. The van der Waals surface area contributed by atoms with Crippen molar-refractivity contribution in [3.05, 3.63) is 84.3 Å². The summed E-state index contributed by atoms with van der Waals surface area (Å²) in [6.07, 6.45) is 8.42. The minimum Gasteiger partial charge on any atom is -0.346 e. The molecule has 0 radical (unpaired) electrons. The van der Waals surface area contributed by atoms with Crippen LogP contribution in [0.1, 0.15) is 47.8 Å². The fourth-order valence-electron chi connectivity index (χ4n) is 4.30. The molecular weight excluding hydrogens is 372 g/mol. The summed E-state index contributed by atoms with van der Waals surface area (Å²) in [4.78, 5) is 16.9. The molecule has 0 atom stereocenters. The molecule has 5 nitrogen and oxygen atoms in total. The van der Waals surface area contributed by atoms with Gasteiger partial charge in [0.15, 0.2) is 0 Å². The SMILES string of the molecule is O=C(NCc1cc(-c2ccncc2)n(C2CCCC2)n1)c1ccc2ccccc2c1. The zero-order chi connectivity index (χ0) is 20.3. The normalized spacial score (nSPS) is 14.3. The number of nitrogens with zero attached hydrogens (tertiary/aromatic N) is 3. The predicted octanol–water partition coefficient (Wildman–Crippen LogP) is 5.14. The van der Waals surface area contributed by atoms with Crippen molar-refractivity contribution < 1.29 is 4.79 Å². The number of hydrogen-bond donors (Lipinski definition) is 1. The molecule has 4 aromatic rings. The van der Waals surface area contributed by atoms with Crippen molar-refractivity contribution in [2.24, 2.45) is 0 Å². The molecule has 0 bridgehead atoms. The van der Waals surface area contributed by atoms with Crippen molar-refractivity contribution in [3.63, 3.8) is 0 Å². The Hall–Kier alpha value is -3.47. The summed E-state index contributed by atoms with van der Waals surface area (Å²) in [5.74, 6) is -0.0818. The monoisotopic (exact) mass is 396 g/mol. The van der Waals surface area contributed by atoms with E-state index in [-0.39, 0.29) is 5.91 Å².